The largest absolute Gasteiger partial charge is 0.462 e. The Labute approximate surface area is 123 Å². The zero-order chi connectivity index (χ0) is 14.9. The summed E-state index contributed by atoms with van der Waals surface area (Å²) >= 11 is 0. The summed E-state index contributed by atoms with van der Waals surface area (Å²) in [5.41, 5.74) is 0.618. The minimum atomic E-state index is -0.555. The molecule has 0 atom stereocenters. The van der Waals surface area contributed by atoms with Crippen molar-refractivity contribution in [3.05, 3.63) is 70.1 Å². The highest BCUT2D eigenvalue weighted by Crippen LogP contribution is 2.48. The first-order valence-corrected chi connectivity index (χ1v) is 7.14. The van der Waals surface area contributed by atoms with Gasteiger partial charge in [-0.15, -0.1) is 0 Å². The number of rotatable bonds is 4. The lowest BCUT2D eigenvalue weighted by atomic mass is 10.0. The van der Waals surface area contributed by atoms with E-state index in [9.17, 15) is 9.59 Å². The zero-order valence-electron chi connectivity index (χ0n) is 11.9. The summed E-state index contributed by atoms with van der Waals surface area (Å²) in [6.07, 6.45) is 3.57. The molecule has 0 saturated heterocycles. The van der Waals surface area contributed by atoms with Crippen LogP contribution in [-0.4, -0.2) is 17.1 Å². The van der Waals surface area contributed by atoms with Crippen LogP contribution in [-0.2, 0) is 10.3 Å². The van der Waals surface area contributed by atoms with Crippen LogP contribution >= 0.6 is 0 Å². The average Bonchev–Trinajstić information content (AvgIpc) is 3.30. The Morgan fingerprint density at radius 3 is 2.52 bits per heavy atom. The fraction of sp³-hybridized carbons (Fsp3) is 0.294. The number of aromatic nitrogens is 1. The van der Waals surface area contributed by atoms with Gasteiger partial charge in [-0.2, -0.15) is 0 Å². The molecule has 1 saturated carbocycles. The molecule has 108 valence electrons. The second-order valence-corrected chi connectivity index (χ2v) is 5.22. The number of benzene rings is 1. The van der Waals surface area contributed by atoms with Gasteiger partial charge < -0.3 is 9.30 Å². The van der Waals surface area contributed by atoms with E-state index >= 15 is 0 Å². The number of carbonyl (C=O) groups excluding carboxylic acids is 1. The summed E-state index contributed by atoms with van der Waals surface area (Å²) in [5, 5.41) is 0. The lowest BCUT2D eigenvalue weighted by Gasteiger charge is -2.19. The number of ether oxygens (including phenoxy) is 1. The Balaban J connectivity index is 2.07. The number of hydrogen-bond acceptors (Lipinski definition) is 3. The molecule has 1 fully saturated rings. The molecule has 4 nitrogen and oxygen atoms in total. The molecule has 0 spiro atoms. The number of nitrogens with zero attached hydrogens (tertiary/aromatic N) is 1. The molecular weight excluding hydrogens is 266 g/mol. The molecule has 3 rings (SSSR count). The first kappa shape index (κ1) is 13.6. The highest BCUT2D eigenvalue weighted by atomic mass is 16.5. The van der Waals surface area contributed by atoms with E-state index in [2.05, 4.69) is 0 Å². The fourth-order valence-electron chi connectivity index (χ4n) is 2.73. The molecule has 1 aromatic carbocycles. The highest BCUT2D eigenvalue weighted by Gasteiger charge is 2.47. The summed E-state index contributed by atoms with van der Waals surface area (Å²) < 4.78 is 6.63. The van der Waals surface area contributed by atoms with Crippen molar-refractivity contribution >= 4 is 5.97 Å². The lowest BCUT2D eigenvalue weighted by Crippen LogP contribution is -2.34. The molecule has 0 amide bonds. The van der Waals surface area contributed by atoms with Gasteiger partial charge in [0, 0.05) is 6.20 Å². The molecule has 0 N–H and O–H groups in total. The monoisotopic (exact) mass is 283 g/mol. The van der Waals surface area contributed by atoms with E-state index in [1.54, 1.807) is 23.8 Å². The molecule has 0 radical (unpaired) electrons. The number of esters is 1. The first-order chi connectivity index (χ1) is 10.2. The molecular formula is C17H17NO3. The predicted molar refractivity (Wildman–Crippen MR) is 79.4 cm³/mol. The van der Waals surface area contributed by atoms with Crippen LogP contribution in [0.3, 0.4) is 0 Å². The van der Waals surface area contributed by atoms with Crippen LogP contribution in [0, 0.1) is 0 Å². The van der Waals surface area contributed by atoms with E-state index in [0.29, 0.717) is 0 Å². The Hall–Kier alpha value is -2.36. The molecule has 4 heteroatoms. The van der Waals surface area contributed by atoms with E-state index in [0.717, 1.165) is 18.4 Å². The predicted octanol–water partition coefficient (Wildman–Crippen LogP) is 2.56. The third kappa shape index (κ3) is 2.27. The topological polar surface area (TPSA) is 48.3 Å². The molecule has 2 aromatic rings. The maximum absolute atomic E-state index is 12.6. The summed E-state index contributed by atoms with van der Waals surface area (Å²) in [6.45, 7) is 1.99. The van der Waals surface area contributed by atoms with E-state index in [4.69, 9.17) is 4.74 Å². The third-order valence-electron chi connectivity index (χ3n) is 3.94. The minimum absolute atomic E-state index is 0.0987. The minimum Gasteiger partial charge on any atom is -0.462 e. The molecule has 1 aliphatic carbocycles. The van der Waals surface area contributed by atoms with Gasteiger partial charge in [0.25, 0.3) is 5.56 Å². The maximum atomic E-state index is 12.6. The standard InChI is InChI=1S/C17H17NO3/c1-2-21-16(20)14-9-6-12-18(15(14)19)17(10-11-17)13-7-4-3-5-8-13/h3-9,12H,2,10-11H2,1H3. The normalized spacial score (nSPS) is 15.5. The van der Waals surface area contributed by atoms with Gasteiger partial charge >= 0.3 is 5.97 Å². The quantitative estimate of drug-likeness (QED) is 0.810. The van der Waals surface area contributed by atoms with Crippen molar-refractivity contribution in [2.75, 3.05) is 6.61 Å². The number of hydrogen-bond donors (Lipinski definition) is 0. The van der Waals surface area contributed by atoms with E-state index in [1.807, 2.05) is 30.3 Å². The summed E-state index contributed by atoms with van der Waals surface area (Å²) in [6, 6.07) is 13.2. The number of pyridine rings is 1. The van der Waals surface area contributed by atoms with Gasteiger partial charge in [0.1, 0.15) is 5.56 Å². The van der Waals surface area contributed by atoms with Gasteiger partial charge in [0.15, 0.2) is 0 Å². The van der Waals surface area contributed by atoms with Crippen molar-refractivity contribution < 1.29 is 9.53 Å². The second-order valence-electron chi connectivity index (χ2n) is 5.22. The van der Waals surface area contributed by atoms with Crippen molar-refractivity contribution in [1.82, 2.24) is 4.57 Å². The van der Waals surface area contributed by atoms with Gasteiger partial charge in [-0.25, -0.2) is 4.79 Å². The van der Waals surface area contributed by atoms with Crippen LogP contribution in [0.4, 0.5) is 0 Å². The van der Waals surface area contributed by atoms with Crippen molar-refractivity contribution in [3.8, 4) is 0 Å². The van der Waals surface area contributed by atoms with E-state index in [1.165, 1.54) is 6.07 Å². The number of carbonyl (C=O) groups is 1. The molecule has 1 heterocycles. The Morgan fingerprint density at radius 2 is 1.90 bits per heavy atom. The van der Waals surface area contributed by atoms with Crippen molar-refractivity contribution in [1.29, 1.82) is 0 Å². The third-order valence-corrected chi connectivity index (χ3v) is 3.94. The van der Waals surface area contributed by atoms with Gasteiger partial charge in [-0.1, -0.05) is 30.3 Å². The SMILES string of the molecule is CCOC(=O)c1cccn(C2(c3ccccc3)CC2)c1=O. The summed E-state index contributed by atoms with van der Waals surface area (Å²) in [4.78, 5) is 24.5. The smallest absolute Gasteiger partial charge is 0.343 e. The van der Waals surface area contributed by atoms with Crippen molar-refractivity contribution in [3.63, 3.8) is 0 Å². The van der Waals surface area contributed by atoms with Gasteiger partial charge in [-0.05, 0) is 37.5 Å². The molecule has 0 aliphatic heterocycles. The van der Waals surface area contributed by atoms with Crippen LogP contribution in [0.2, 0.25) is 0 Å². The second kappa shape index (κ2) is 5.20. The fourth-order valence-corrected chi connectivity index (χ4v) is 2.73. The Bertz CT molecular complexity index is 714. The van der Waals surface area contributed by atoms with Crippen LogP contribution < -0.4 is 5.56 Å². The van der Waals surface area contributed by atoms with Crippen LogP contribution in [0.1, 0.15) is 35.7 Å². The Kier molecular flexibility index (Phi) is 3.37. The molecule has 1 aliphatic rings. The molecule has 0 bridgehead atoms. The lowest BCUT2D eigenvalue weighted by molar-refractivity contribution is 0.0523. The molecule has 0 unspecified atom stereocenters. The average molecular weight is 283 g/mol. The molecule has 1 aromatic heterocycles. The highest BCUT2D eigenvalue weighted by molar-refractivity contribution is 5.88. The van der Waals surface area contributed by atoms with Gasteiger partial charge in [0.2, 0.25) is 0 Å². The van der Waals surface area contributed by atoms with Crippen LogP contribution in [0.15, 0.2) is 53.5 Å². The van der Waals surface area contributed by atoms with Crippen molar-refractivity contribution in [2.45, 2.75) is 25.3 Å². The first-order valence-electron chi connectivity index (χ1n) is 7.14. The van der Waals surface area contributed by atoms with E-state index < -0.39 is 5.97 Å². The van der Waals surface area contributed by atoms with Crippen LogP contribution in [0.5, 0.6) is 0 Å². The summed E-state index contributed by atoms with van der Waals surface area (Å²) in [5.74, 6) is -0.555. The summed E-state index contributed by atoms with van der Waals surface area (Å²) in [7, 11) is 0. The van der Waals surface area contributed by atoms with Crippen molar-refractivity contribution in [2.24, 2.45) is 0 Å². The van der Waals surface area contributed by atoms with Crippen LogP contribution in [0.25, 0.3) is 0 Å². The maximum Gasteiger partial charge on any atom is 0.343 e. The molecule has 21 heavy (non-hydrogen) atoms. The Morgan fingerprint density at radius 1 is 1.19 bits per heavy atom. The van der Waals surface area contributed by atoms with Gasteiger partial charge in [-0.3, -0.25) is 4.79 Å². The van der Waals surface area contributed by atoms with E-state index in [-0.39, 0.29) is 23.3 Å². The van der Waals surface area contributed by atoms with Gasteiger partial charge in [0.05, 0.1) is 12.1 Å². The zero-order valence-corrected chi connectivity index (χ0v) is 11.9.